The van der Waals surface area contributed by atoms with Crippen molar-refractivity contribution in [3.8, 4) is 0 Å². The lowest BCUT2D eigenvalue weighted by molar-refractivity contribution is 0.181. The van der Waals surface area contributed by atoms with Crippen molar-refractivity contribution in [3.63, 3.8) is 0 Å². The first-order chi connectivity index (χ1) is 8.19. The highest BCUT2D eigenvalue weighted by Gasteiger charge is 2.28. The highest BCUT2D eigenvalue weighted by Crippen LogP contribution is 2.39. The number of hydrogen-bond acceptors (Lipinski definition) is 2. The third-order valence-corrected chi connectivity index (χ3v) is 4.66. The Labute approximate surface area is 107 Å². The van der Waals surface area contributed by atoms with Crippen LogP contribution in [-0.4, -0.2) is 19.0 Å². The van der Waals surface area contributed by atoms with Gasteiger partial charge >= 0.3 is 0 Å². The van der Waals surface area contributed by atoms with E-state index in [1.54, 1.807) is 0 Å². The maximum atomic E-state index is 5.55. The molecule has 0 aromatic heterocycles. The molecule has 0 amide bonds. The van der Waals surface area contributed by atoms with Crippen molar-refractivity contribution >= 4 is 5.90 Å². The minimum absolute atomic E-state index is 0.542. The highest BCUT2D eigenvalue weighted by atomic mass is 16.5. The molecule has 0 saturated carbocycles. The van der Waals surface area contributed by atoms with Gasteiger partial charge in [0.25, 0.3) is 0 Å². The molecule has 0 spiro atoms. The normalized spacial score (nSPS) is 17.8. The first-order valence-corrected chi connectivity index (χ1v) is 7.35. The summed E-state index contributed by atoms with van der Waals surface area (Å²) in [6, 6.07) is 0. The Morgan fingerprint density at radius 2 is 1.82 bits per heavy atom. The Hall–Kier alpha value is -0.530. The van der Waals surface area contributed by atoms with Crippen molar-refractivity contribution in [2.24, 2.45) is 16.3 Å². The van der Waals surface area contributed by atoms with E-state index in [2.05, 4.69) is 32.7 Å². The topological polar surface area (TPSA) is 21.6 Å². The summed E-state index contributed by atoms with van der Waals surface area (Å²) in [5, 5.41) is 0. The Morgan fingerprint density at radius 3 is 2.24 bits per heavy atom. The molecule has 0 bridgehead atoms. The van der Waals surface area contributed by atoms with Crippen molar-refractivity contribution < 1.29 is 4.74 Å². The zero-order valence-corrected chi connectivity index (χ0v) is 12.1. The van der Waals surface area contributed by atoms with Gasteiger partial charge in [-0.1, -0.05) is 53.4 Å². The number of ether oxygens (including phenoxy) is 1. The van der Waals surface area contributed by atoms with Crippen LogP contribution in [0.15, 0.2) is 4.99 Å². The van der Waals surface area contributed by atoms with E-state index in [0.717, 1.165) is 31.4 Å². The molecule has 2 nitrogen and oxygen atoms in total. The predicted octanol–water partition coefficient (Wildman–Crippen LogP) is 4.44. The van der Waals surface area contributed by atoms with Crippen LogP contribution in [-0.2, 0) is 4.74 Å². The summed E-state index contributed by atoms with van der Waals surface area (Å²) in [4.78, 5) is 4.43. The zero-order chi connectivity index (χ0) is 12.7. The van der Waals surface area contributed by atoms with Gasteiger partial charge in [0.2, 0.25) is 0 Å². The van der Waals surface area contributed by atoms with Gasteiger partial charge in [-0.2, -0.15) is 0 Å². The summed E-state index contributed by atoms with van der Waals surface area (Å²) in [6.07, 6.45) is 7.51. The average molecular weight is 239 g/mol. The molecule has 1 rings (SSSR count). The van der Waals surface area contributed by atoms with Crippen molar-refractivity contribution in [1.29, 1.82) is 0 Å². The van der Waals surface area contributed by atoms with Gasteiger partial charge in [-0.15, -0.1) is 0 Å². The van der Waals surface area contributed by atoms with Crippen LogP contribution in [0.25, 0.3) is 0 Å². The van der Waals surface area contributed by atoms with E-state index in [0.29, 0.717) is 5.41 Å². The van der Waals surface area contributed by atoms with Gasteiger partial charge in [0, 0.05) is 6.42 Å². The fraction of sp³-hybridized carbons (Fsp3) is 0.933. The zero-order valence-electron chi connectivity index (χ0n) is 12.1. The van der Waals surface area contributed by atoms with Gasteiger partial charge in [0.05, 0.1) is 6.54 Å². The Balaban J connectivity index is 2.54. The van der Waals surface area contributed by atoms with Crippen molar-refractivity contribution in [3.05, 3.63) is 0 Å². The smallest absolute Gasteiger partial charge is 0.183 e. The van der Waals surface area contributed by atoms with Crippen molar-refractivity contribution in [2.45, 2.75) is 66.2 Å². The van der Waals surface area contributed by atoms with Gasteiger partial charge in [-0.3, -0.25) is 4.99 Å². The van der Waals surface area contributed by atoms with Crippen LogP contribution in [0.3, 0.4) is 0 Å². The fourth-order valence-corrected chi connectivity index (χ4v) is 2.91. The van der Waals surface area contributed by atoms with Crippen LogP contribution in [0.5, 0.6) is 0 Å². The van der Waals surface area contributed by atoms with Crippen LogP contribution in [0, 0.1) is 11.3 Å². The van der Waals surface area contributed by atoms with Gasteiger partial charge in [0.1, 0.15) is 6.61 Å². The predicted molar refractivity (Wildman–Crippen MR) is 74.6 cm³/mol. The molecule has 100 valence electrons. The second kappa shape index (κ2) is 7.03. The molecule has 1 heterocycles. The molecule has 0 aliphatic carbocycles. The van der Waals surface area contributed by atoms with E-state index < -0.39 is 0 Å². The van der Waals surface area contributed by atoms with E-state index in [-0.39, 0.29) is 0 Å². The van der Waals surface area contributed by atoms with Crippen LogP contribution < -0.4 is 0 Å². The van der Waals surface area contributed by atoms with Crippen LogP contribution >= 0.6 is 0 Å². The molecule has 1 aliphatic heterocycles. The number of aliphatic imine (C=N–C) groups is 1. The summed E-state index contributed by atoms with van der Waals surface area (Å²) >= 11 is 0. The summed E-state index contributed by atoms with van der Waals surface area (Å²) < 4.78 is 5.55. The molecule has 17 heavy (non-hydrogen) atoms. The summed E-state index contributed by atoms with van der Waals surface area (Å²) in [7, 11) is 0. The molecule has 1 aliphatic rings. The van der Waals surface area contributed by atoms with Gasteiger partial charge in [-0.05, 0) is 17.8 Å². The third kappa shape index (κ3) is 4.01. The maximum Gasteiger partial charge on any atom is 0.183 e. The summed E-state index contributed by atoms with van der Waals surface area (Å²) in [5.41, 5.74) is 0.542. The molecule has 0 aromatic rings. The molecule has 0 radical (unpaired) electrons. The number of rotatable bonds is 8. The van der Waals surface area contributed by atoms with E-state index in [9.17, 15) is 0 Å². The van der Waals surface area contributed by atoms with Crippen LogP contribution in [0.2, 0.25) is 0 Å². The first kappa shape index (κ1) is 14.5. The number of nitrogens with zero attached hydrogens (tertiary/aromatic N) is 1. The molecule has 0 aromatic carbocycles. The standard InChI is InChI=1S/C15H29NO/c1-5-13(11-14-16-9-10-17-14)12-15(6-2,7-3)8-4/h13H,5-12H2,1-4H3. The molecule has 1 atom stereocenters. The molecular weight excluding hydrogens is 210 g/mol. The highest BCUT2D eigenvalue weighted by molar-refractivity contribution is 5.77. The van der Waals surface area contributed by atoms with Crippen LogP contribution in [0.4, 0.5) is 0 Å². The third-order valence-electron chi connectivity index (χ3n) is 4.66. The SMILES string of the molecule is CCC(CC1=NCCO1)CC(CC)(CC)CC. The first-order valence-electron chi connectivity index (χ1n) is 7.35. The second-order valence-corrected chi connectivity index (χ2v) is 5.37. The lowest BCUT2D eigenvalue weighted by Gasteiger charge is -2.34. The minimum atomic E-state index is 0.542. The molecule has 0 fully saturated rings. The monoisotopic (exact) mass is 239 g/mol. The largest absolute Gasteiger partial charge is 0.479 e. The number of hydrogen-bond donors (Lipinski definition) is 0. The quantitative estimate of drug-likeness (QED) is 0.613. The van der Waals surface area contributed by atoms with E-state index in [4.69, 9.17) is 4.74 Å². The van der Waals surface area contributed by atoms with Gasteiger partial charge in [0.15, 0.2) is 5.90 Å². The summed E-state index contributed by atoms with van der Waals surface area (Å²) in [5.74, 6) is 1.75. The van der Waals surface area contributed by atoms with Crippen molar-refractivity contribution in [2.75, 3.05) is 13.2 Å². The van der Waals surface area contributed by atoms with Gasteiger partial charge in [-0.25, -0.2) is 0 Å². The van der Waals surface area contributed by atoms with E-state index in [1.165, 1.54) is 32.1 Å². The molecule has 0 N–H and O–H groups in total. The Bertz CT molecular complexity index is 235. The fourth-order valence-electron chi connectivity index (χ4n) is 2.91. The maximum absolute atomic E-state index is 5.55. The molecule has 0 saturated heterocycles. The lowest BCUT2D eigenvalue weighted by Crippen LogP contribution is -2.23. The molecule has 2 heteroatoms. The Morgan fingerprint density at radius 1 is 1.18 bits per heavy atom. The van der Waals surface area contributed by atoms with E-state index in [1.807, 2.05) is 0 Å². The van der Waals surface area contributed by atoms with E-state index >= 15 is 0 Å². The van der Waals surface area contributed by atoms with Gasteiger partial charge < -0.3 is 4.74 Å². The summed E-state index contributed by atoms with van der Waals surface area (Å²) in [6.45, 7) is 11.0. The minimum Gasteiger partial charge on any atom is -0.479 e. The van der Waals surface area contributed by atoms with Crippen LogP contribution in [0.1, 0.15) is 66.2 Å². The second-order valence-electron chi connectivity index (χ2n) is 5.37. The molecule has 1 unspecified atom stereocenters. The van der Waals surface area contributed by atoms with Crippen molar-refractivity contribution in [1.82, 2.24) is 0 Å². The lowest BCUT2D eigenvalue weighted by atomic mass is 9.72. The average Bonchev–Trinajstić information content (AvgIpc) is 2.87. The Kier molecular flexibility index (Phi) is 6.01. The molecular formula is C15H29NO.